The van der Waals surface area contributed by atoms with Gasteiger partial charge in [0.1, 0.15) is 5.76 Å². The van der Waals surface area contributed by atoms with Crippen LogP contribution in [0.15, 0.2) is 96.8 Å². The molecule has 1 fully saturated rings. The van der Waals surface area contributed by atoms with Crippen molar-refractivity contribution < 1.29 is 24.2 Å². The molecule has 1 amide bonds. The fourth-order valence-corrected chi connectivity index (χ4v) is 4.59. The first-order valence-electron chi connectivity index (χ1n) is 11.9. The van der Waals surface area contributed by atoms with E-state index in [1.807, 2.05) is 30.3 Å². The Morgan fingerprint density at radius 1 is 0.973 bits per heavy atom. The number of esters is 1. The van der Waals surface area contributed by atoms with Gasteiger partial charge in [0.2, 0.25) is 0 Å². The predicted octanol–water partition coefficient (Wildman–Crippen LogP) is 5.43. The van der Waals surface area contributed by atoms with E-state index in [-0.39, 0.29) is 23.0 Å². The number of aliphatic hydroxyl groups is 1. The molecule has 0 radical (unpaired) electrons. The molecule has 1 saturated heterocycles. The van der Waals surface area contributed by atoms with Gasteiger partial charge >= 0.3 is 5.97 Å². The lowest BCUT2D eigenvalue weighted by molar-refractivity contribution is -0.132. The van der Waals surface area contributed by atoms with Crippen LogP contribution in [0.4, 0.5) is 5.69 Å². The molecule has 1 aliphatic rings. The first-order valence-corrected chi connectivity index (χ1v) is 11.9. The van der Waals surface area contributed by atoms with Crippen molar-refractivity contribution in [2.24, 2.45) is 0 Å². The second-order valence-electron chi connectivity index (χ2n) is 8.99. The molecular formula is C30H24N2O5. The van der Waals surface area contributed by atoms with E-state index in [0.29, 0.717) is 16.8 Å². The number of carbonyl (C=O) groups is 3. The number of benzene rings is 3. The van der Waals surface area contributed by atoms with Crippen molar-refractivity contribution in [3.05, 3.63) is 114 Å². The van der Waals surface area contributed by atoms with Crippen LogP contribution in [-0.2, 0) is 14.3 Å². The lowest BCUT2D eigenvalue weighted by Gasteiger charge is -2.25. The quantitative estimate of drug-likeness (QED) is 0.173. The maximum Gasteiger partial charge on any atom is 0.338 e. The number of hydrogen-bond acceptors (Lipinski definition) is 6. The molecule has 0 spiro atoms. The number of ether oxygens (including phenoxy) is 1. The Morgan fingerprint density at radius 2 is 1.73 bits per heavy atom. The highest BCUT2D eigenvalue weighted by atomic mass is 16.5. The summed E-state index contributed by atoms with van der Waals surface area (Å²) < 4.78 is 5.30. The summed E-state index contributed by atoms with van der Waals surface area (Å²) in [7, 11) is 0. The SMILES string of the molecule is CC(C)OC(=O)c1cccc(N2C(=O)C(=O)/C(=C(\O)c3cccc4ccccc34)C2c2cccnc2)c1. The van der Waals surface area contributed by atoms with Crippen molar-refractivity contribution in [3.8, 4) is 0 Å². The number of rotatable bonds is 5. The number of aliphatic hydroxyl groups excluding tert-OH is 1. The predicted molar refractivity (Wildman–Crippen MR) is 140 cm³/mol. The molecular weight excluding hydrogens is 468 g/mol. The Hall–Kier alpha value is -4.78. The van der Waals surface area contributed by atoms with Gasteiger partial charge in [0.05, 0.1) is 23.3 Å². The van der Waals surface area contributed by atoms with Crippen molar-refractivity contribution in [3.63, 3.8) is 0 Å². The van der Waals surface area contributed by atoms with Gasteiger partial charge in [-0.1, -0.05) is 54.6 Å². The molecule has 1 aromatic heterocycles. The number of ketones is 1. The first kappa shape index (κ1) is 23.9. The molecule has 1 aliphatic heterocycles. The van der Waals surface area contributed by atoms with Gasteiger partial charge in [-0.25, -0.2) is 4.79 Å². The fraction of sp³-hybridized carbons (Fsp3) is 0.133. The van der Waals surface area contributed by atoms with Crippen LogP contribution in [0.25, 0.3) is 16.5 Å². The molecule has 37 heavy (non-hydrogen) atoms. The van der Waals surface area contributed by atoms with Gasteiger partial charge in [-0.05, 0) is 54.4 Å². The highest BCUT2D eigenvalue weighted by Gasteiger charge is 2.47. The summed E-state index contributed by atoms with van der Waals surface area (Å²) >= 11 is 0. The topological polar surface area (TPSA) is 96.8 Å². The fourth-order valence-electron chi connectivity index (χ4n) is 4.59. The van der Waals surface area contributed by atoms with Crippen LogP contribution in [0.1, 0.15) is 41.4 Å². The van der Waals surface area contributed by atoms with E-state index in [9.17, 15) is 19.5 Å². The molecule has 1 unspecified atom stereocenters. The molecule has 3 aromatic carbocycles. The van der Waals surface area contributed by atoms with E-state index in [1.54, 1.807) is 68.7 Å². The lowest BCUT2D eigenvalue weighted by Crippen LogP contribution is -2.29. The van der Waals surface area contributed by atoms with Crippen LogP contribution in [0.2, 0.25) is 0 Å². The second kappa shape index (κ2) is 9.70. The van der Waals surface area contributed by atoms with Gasteiger partial charge in [0.25, 0.3) is 11.7 Å². The molecule has 0 bridgehead atoms. The minimum Gasteiger partial charge on any atom is -0.507 e. The number of Topliss-reactive ketones (excluding diaryl/α,β-unsaturated/α-hetero) is 1. The zero-order valence-electron chi connectivity index (χ0n) is 20.3. The number of nitrogens with zero attached hydrogens (tertiary/aromatic N) is 2. The summed E-state index contributed by atoms with van der Waals surface area (Å²) in [6.07, 6.45) is 2.82. The molecule has 7 nitrogen and oxygen atoms in total. The lowest BCUT2D eigenvalue weighted by atomic mass is 9.94. The zero-order valence-corrected chi connectivity index (χ0v) is 20.3. The minimum atomic E-state index is -0.955. The summed E-state index contributed by atoms with van der Waals surface area (Å²) in [5, 5.41) is 13.2. The number of fused-ring (bicyclic) bond motifs is 1. The molecule has 4 aromatic rings. The number of pyridine rings is 1. The van der Waals surface area contributed by atoms with E-state index in [4.69, 9.17) is 4.74 Å². The average Bonchev–Trinajstić information content (AvgIpc) is 3.18. The molecule has 184 valence electrons. The molecule has 1 N–H and O–H groups in total. The third-order valence-electron chi connectivity index (χ3n) is 6.19. The maximum absolute atomic E-state index is 13.5. The Morgan fingerprint density at radius 3 is 2.49 bits per heavy atom. The molecule has 2 heterocycles. The summed E-state index contributed by atoms with van der Waals surface area (Å²) in [5.74, 6) is -2.46. The third-order valence-corrected chi connectivity index (χ3v) is 6.19. The van der Waals surface area contributed by atoms with Crippen LogP contribution >= 0.6 is 0 Å². The van der Waals surface area contributed by atoms with Crippen molar-refractivity contribution in [2.45, 2.75) is 26.0 Å². The Labute approximate surface area is 213 Å². The van der Waals surface area contributed by atoms with Gasteiger partial charge in [-0.2, -0.15) is 0 Å². The minimum absolute atomic E-state index is 0.0514. The molecule has 5 rings (SSSR count). The molecule has 7 heteroatoms. The summed E-state index contributed by atoms with van der Waals surface area (Å²) in [5.41, 5.74) is 1.50. The Bertz CT molecular complexity index is 1550. The number of anilines is 1. The summed E-state index contributed by atoms with van der Waals surface area (Å²) in [4.78, 5) is 44.9. The number of carbonyl (C=O) groups excluding carboxylic acids is 3. The standard InChI is InChI=1S/C30H24N2O5/c1-18(2)37-30(36)20-10-5-12-22(16-20)32-26(21-11-7-15-31-17-21)25(28(34)29(32)35)27(33)24-14-6-9-19-8-3-4-13-23(19)24/h3-18,26,33H,1-2H3/b27-25-. The van der Waals surface area contributed by atoms with Crippen LogP contribution in [0.5, 0.6) is 0 Å². The van der Waals surface area contributed by atoms with Gasteiger partial charge in [-0.15, -0.1) is 0 Å². The number of aromatic nitrogens is 1. The van der Waals surface area contributed by atoms with E-state index < -0.39 is 23.7 Å². The van der Waals surface area contributed by atoms with Gasteiger partial charge in [0, 0.05) is 23.6 Å². The molecule has 0 saturated carbocycles. The van der Waals surface area contributed by atoms with Crippen LogP contribution in [0, 0.1) is 0 Å². The highest BCUT2D eigenvalue weighted by Crippen LogP contribution is 2.42. The summed E-state index contributed by atoms with van der Waals surface area (Å²) in [6, 6.07) is 21.7. The zero-order chi connectivity index (χ0) is 26.1. The van der Waals surface area contributed by atoms with Crippen LogP contribution in [0.3, 0.4) is 0 Å². The van der Waals surface area contributed by atoms with Gasteiger partial charge in [0.15, 0.2) is 0 Å². The van der Waals surface area contributed by atoms with E-state index >= 15 is 0 Å². The largest absolute Gasteiger partial charge is 0.507 e. The maximum atomic E-state index is 13.5. The van der Waals surface area contributed by atoms with Crippen molar-refractivity contribution in [1.82, 2.24) is 4.98 Å². The van der Waals surface area contributed by atoms with E-state index in [1.165, 1.54) is 11.0 Å². The van der Waals surface area contributed by atoms with E-state index in [0.717, 1.165) is 10.8 Å². The average molecular weight is 493 g/mol. The summed E-state index contributed by atoms with van der Waals surface area (Å²) in [6.45, 7) is 3.49. The monoisotopic (exact) mass is 492 g/mol. The van der Waals surface area contributed by atoms with Gasteiger partial charge < -0.3 is 9.84 Å². The Kier molecular flexibility index (Phi) is 6.27. The number of amides is 1. The van der Waals surface area contributed by atoms with Crippen molar-refractivity contribution in [2.75, 3.05) is 4.90 Å². The smallest absolute Gasteiger partial charge is 0.338 e. The van der Waals surface area contributed by atoms with Crippen molar-refractivity contribution in [1.29, 1.82) is 0 Å². The first-order chi connectivity index (χ1) is 17.9. The third kappa shape index (κ3) is 4.36. The van der Waals surface area contributed by atoms with Crippen LogP contribution < -0.4 is 4.90 Å². The second-order valence-corrected chi connectivity index (χ2v) is 8.99. The normalized spacial score (nSPS) is 16.9. The molecule has 0 aliphatic carbocycles. The van der Waals surface area contributed by atoms with Crippen LogP contribution in [-0.4, -0.2) is 33.9 Å². The number of hydrogen-bond donors (Lipinski definition) is 1. The van der Waals surface area contributed by atoms with E-state index in [2.05, 4.69) is 4.98 Å². The highest BCUT2D eigenvalue weighted by molar-refractivity contribution is 6.51. The van der Waals surface area contributed by atoms with Crippen molar-refractivity contribution >= 4 is 39.9 Å². The molecule has 1 atom stereocenters. The van der Waals surface area contributed by atoms with Gasteiger partial charge in [-0.3, -0.25) is 19.5 Å². The Balaban J connectivity index is 1.70.